The lowest BCUT2D eigenvalue weighted by atomic mass is 10.1. The fourth-order valence-electron chi connectivity index (χ4n) is 1.79. The van der Waals surface area contributed by atoms with Gasteiger partial charge in [-0.1, -0.05) is 17.2 Å². The van der Waals surface area contributed by atoms with Crippen molar-refractivity contribution in [2.45, 2.75) is 0 Å². The summed E-state index contributed by atoms with van der Waals surface area (Å²) < 4.78 is 6.24. The van der Waals surface area contributed by atoms with E-state index in [2.05, 4.69) is 31.4 Å². The van der Waals surface area contributed by atoms with Crippen molar-refractivity contribution >= 4 is 44.9 Å². The Morgan fingerprint density at radius 2 is 2.04 bits per heavy atom. The Labute approximate surface area is 141 Å². The van der Waals surface area contributed by atoms with Gasteiger partial charge < -0.3 is 4.42 Å². The van der Waals surface area contributed by atoms with E-state index in [0.717, 1.165) is 8.66 Å². The number of halogens is 1. The number of rotatable bonds is 4. The topological polar surface area (TPSA) is 111 Å². The average Bonchev–Trinajstić information content (AvgIpc) is 3.16. The molecule has 3 aromatic rings. The molecule has 0 atom stereocenters. The molecule has 0 saturated carbocycles. The Bertz CT molecular complexity index is 891. The molecular weight excluding hydrogens is 388 g/mol. The summed E-state index contributed by atoms with van der Waals surface area (Å²) in [5.74, 6) is -0.446. The number of benzene rings is 1. The van der Waals surface area contributed by atoms with E-state index < -0.39 is 10.8 Å². The predicted octanol–water partition coefficient (Wildman–Crippen LogP) is 3.72. The highest BCUT2D eigenvalue weighted by Gasteiger charge is 2.21. The van der Waals surface area contributed by atoms with Crippen LogP contribution in [0.1, 0.15) is 10.4 Å². The number of carbonyl (C=O) groups excluding carboxylic acids is 1. The summed E-state index contributed by atoms with van der Waals surface area (Å²) in [6.45, 7) is 0. The predicted molar refractivity (Wildman–Crippen MR) is 86.4 cm³/mol. The quantitative estimate of drug-likeness (QED) is 0.532. The summed E-state index contributed by atoms with van der Waals surface area (Å²) >= 11 is 4.72. The maximum absolute atomic E-state index is 12.1. The van der Waals surface area contributed by atoms with E-state index in [9.17, 15) is 14.9 Å². The number of aromatic nitrogens is 2. The monoisotopic (exact) mass is 394 g/mol. The number of anilines is 1. The number of thiophene rings is 1. The molecule has 0 fully saturated rings. The van der Waals surface area contributed by atoms with E-state index >= 15 is 0 Å². The van der Waals surface area contributed by atoms with Crippen LogP contribution in [0, 0.1) is 10.1 Å². The summed E-state index contributed by atoms with van der Waals surface area (Å²) in [6, 6.07) is 9.09. The van der Waals surface area contributed by atoms with Gasteiger partial charge in [0.2, 0.25) is 0 Å². The van der Waals surface area contributed by atoms with E-state index in [0.29, 0.717) is 0 Å². The van der Waals surface area contributed by atoms with Crippen LogP contribution >= 0.6 is 27.3 Å². The van der Waals surface area contributed by atoms with Gasteiger partial charge in [-0.2, -0.15) is 0 Å². The molecule has 0 saturated heterocycles. The number of nitrogens with one attached hydrogen (secondary N) is 1. The summed E-state index contributed by atoms with van der Waals surface area (Å²) in [6.07, 6.45) is 0. The smallest absolute Gasteiger partial charge is 0.322 e. The number of nitro benzene ring substituents is 1. The molecule has 1 aromatic carbocycles. The van der Waals surface area contributed by atoms with Crippen molar-refractivity contribution in [1.82, 2.24) is 10.2 Å². The number of nitro groups is 1. The van der Waals surface area contributed by atoms with Crippen molar-refractivity contribution in [3.05, 3.63) is 55.9 Å². The standard InChI is InChI=1S/C13H7BrN4O4S/c14-10-6-5-9(23-10)12-16-17-13(22-12)15-11(19)7-3-1-2-4-8(7)18(20)21/h1-6H,(H,15,17,19). The van der Waals surface area contributed by atoms with Crippen molar-refractivity contribution in [2.24, 2.45) is 0 Å². The molecule has 0 radical (unpaired) electrons. The summed E-state index contributed by atoms with van der Waals surface area (Å²) in [5.41, 5.74) is -0.386. The summed E-state index contributed by atoms with van der Waals surface area (Å²) in [5, 5.41) is 20.8. The Kier molecular flexibility index (Phi) is 4.17. The van der Waals surface area contributed by atoms with Gasteiger partial charge in [0, 0.05) is 6.07 Å². The minimum atomic E-state index is -0.695. The third-order valence-electron chi connectivity index (χ3n) is 2.77. The van der Waals surface area contributed by atoms with Gasteiger partial charge in [-0.3, -0.25) is 20.2 Å². The fourth-order valence-corrected chi connectivity index (χ4v) is 3.10. The lowest BCUT2D eigenvalue weighted by Gasteiger charge is -2.01. The van der Waals surface area contributed by atoms with Crippen LogP contribution in [0.4, 0.5) is 11.7 Å². The van der Waals surface area contributed by atoms with Gasteiger partial charge >= 0.3 is 6.01 Å². The number of hydrogen-bond donors (Lipinski definition) is 1. The van der Waals surface area contributed by atoms with Gasteiger partial charge in [0.25, 0.3) is 17.5 Å². The van der Waals surface area contributed by atoms with E-state index in [1.807, 2.05) is 6.07 Å². The van der Waals surface area contributed by atoms with E-state index in [-0.39, 0.29) is 23.2 Å². The van der Waals surface area contributed by atoms with Gasteiger partial charge in [0.05, 0.1) is 13.6 Å². The number of amides is 1. The molecule has 3 rings (SSSR count). The average molecular weight is 395 g/mol. The van der Waals surface area contributed by atoms with Crippen molar-refractivity contribution in [3.63, 3.8) is 0 Å². The molecule has 1 N–H and O–H groups in total. The summed E-state index contributed by atoms with van der Waals surface area (Å²) in [4.78, 5) is 23.2. The normalized spacial score (nSPS) is 10.5. The molecule has 10 heteroatoms. The molecule has 2 aromatic heterocycles. The molecular formula is C13H7BrN4O4S. The van der Waals surface area contributed by atoms with Crippen LogP contribution in [-0.4, -0.2) is 21.0 Å². The van der Waals surface area contributed by atoms with Gasteiger partial charge in [0.15, 0.2) is 0 Å². The van der Waals surface area contributed by atoms with Crippen molar-refractivity contribution < 1.29 is 14.1 Å². The van der Waals surface area contributed by atoms with Gasteiger partial charge in [-0.25, -0.2) is 0 Å². The van der Waals surface area contributed by atoms with Gasteiger partial charge in [-0.05, 0) is 34.1 Å². The fraction of sp³-hybridized carbons (Fsp3) is 0. The zero-order valence-electron chi connectivity index (χ0n) is 11.2. The molecule has 0 spiro atoms. The molecule has 0 unspecified atom stereocenters. The number of nitrogens with zero attached hydrogens (tertiary/aromatic N) is 3. The van der Waals surface area contributed by atoms with Crippen LogP contribution in [-0.2, 0) is 0 Å². The molecule has 0 aliphatic carbocycles. The van der Waals surface area contributed by atoms with Crippen LogP contribution in [0.2, 0.25) is 0 Å². The van der Waals surface area contributed by atoms with E-state index in [1.165, 1.54) is 35.6 Å². The zero-order valence-corrected chi connectivity index (χ0v) is 13.6. The number of carbonyl (C=O) groups is 1. The number of hydrogen-bond acceptors (Lipinski definition) is 7. The minimum absolute atomic E-state index is 0.0869. The first kappa shape index (κ1) is 15.3. The highest BCUT2D eigenvalue weighted by Crippen LogP contribution is 2.31. The van der Waals surface area contributed by atoms with Gasteiger partial charge in [-0.15, -0.1) is 16.4 Å². The lowest BCUT2D eigenvalue weighted by Crippen LogP contribution is -2.14. The minimum Gasteiger partial charge on any atom is -0.402 e. The molecule has 8 nitrogen and oxygen atoms in total. The lowest BCUT2D eigenvalue weighted by molar-refractivity contribution is -0.385. The SMILES string of the molecule is O=C(Nc1nnc(-c2ccc(Br)s2)o1)c1ccccc1[N+](=O)[O-]. The first-order chi connectivity index (χ1) is 11.0. The third kappa shape index (κ3) is 3.27. The zero-order chi connectivity index (χ0) is 16.4. The van der Waals surface area contributed by atoms with Crippen LogP contribution in [0.5, 0.6) is 0 Å². The van der Waals surface area contributed by atoms with Crippen molar-refractivity contribution in [3.8, 4) is 10.8 Å². The van der Waals surface area contributed by atoms with Gasteiger partial charge in [0.1, 0.15) is 5.56 Å². The molecule has 1 amide bonds. The highest BCUT2D eigenvalue weighted by atomic mass is 79.9. The molecule has 0 aliphatic rings. The Morgan fingerprint density at radius 3 is 2.74 bits per heavy atom. The largest absolute Gasteiger partial charge is 0.402 e. The second kappa shape index (κ2) is 6.26. The second-order valence-electron chi connectivity index (χ2n) is 4.24. The first-order valence-electron chi connectivity index (χ1n) is 6.18. The first-order valence-corrected chi connectivity index (χ1v) is 7.79. The van der Waals surface area contributed by atoms with Crippen LogP contribution in [0.25, 0.3) is 10.8 Å². The molecule has 116 valence electrons. The number of para-hydroxylation sites is 1. The Morgan fingerprint density at radius 1 is 1.26 bits per heavy atom. The van der Waals surface area contributed by atoms with Crippen LogP contribution < -0.4 is 5.32 Å². The van der Waals surface area contributed by atoms with Crippen LogP contribution in [0.15, 0.2) is 44.6 Å². The van der Waals surface area contributed by atoms with Crippen molar-refractivity contribution in [1.29, 1.82) is 0 Å². The maximum Gasteiger partial charge on any atom is 0.322 e. The maximum atomic E-state index is 12.1. The van der Waals surface area contributed by atoms with E-state index in [1.54, 1.807) is 6.07 Å². The molecule has 23 heavy (non-hydrogen) atoms. The Balaban J connectivity index is 1.82. The van der Waals surface area contributed by atoms with Crippen LogP contribution in [0.3, 0.4) is 0 Å². The summed E-state index contributed by atoms with van der Waals surface area (Å²) in [7, 11) is 0. The Hall–Kier alpha value is -2.59. The van der Waals surface area contributed by atoms with Crippen molar-refractivity contribution in [2.75, 3.05) is 5.32 Å². The molecule has 0 aliphatic heterocycles. The molecule has 0 bridgehead atoms. The van der Waals surface area contributed by atoms with E-state index in [4.69, 9.17) is 4.42 Å². The molecule has 2 heterocycles. The second-order valence-corrected chi connectivity index (χ2v) is 6.71. The third-order valence-corrected chi connectivity index (χ3v) is 4.39. The highest BCUT2D eigenvalue weighted by molar-refractivity contribution is 9.11.